The van der Waals surface area contributed by atoms with Crippen LogP contribution in [-0.4, -0.2) is 48.4 Å². The lowest BCUT2D eigenvalue weighted by Crippen LogP contribution is -2.38. The van der Waals surface area contributed by atoms with E-state index in [1.807, 2.05) is 24.3 Å². The smallest absolute Gasteiger partial charge is 0.407 e. The van der Waals surface area contributed by atoms with Gasteiger partial charge in [-0.25, -0.2) is 4.79 Å². The summed E-state index contributed by atoms with van der Waals surface area (Å²) in [5.74, 6) is 0.835. The Hall–Kier alpha value is -2.50. The molecular weight excluding hydrogens is 310 g/mol. The number of hydrogen-bond acceptors (Lipinski definition) is 4. The van der Waals surface area contributed by atoms with E-state index in [2.05, 4.69) is 6.58 Å². The molecule has 0 atom stereocenters. The first-order valence-corrected chi connectivity index (χ1v) is 8.04. The molecule has 1 aromatic rings. The third kappa shape index (κ3) is 5.61. The van der Waals surface area contributed by atoms with Gasteiger partial charge in [-0.15, -0.1) is 0 Å². The van der Waals surface area contributed by atoms with Gasteiger partial charge in [0.25, 0.3) is 0 Å². The zero-order valence-corrected chi connectivity index (χ0v) is 13.6. The predicted molar refractivity (Wildman–Crippen MR) is 89.1 cm³/mol. The van der Waals surface area contributed by atoms with Crippen molar-refractivity contribution in [3.8, 4) is 5.75 Å². The highest BCUT2D eigenvalue weighted by atomic mass is 16.5. The van der Waals surface area contributed by atoms with Gasteiger partial charge in [0.05, 0.1) is 13.0 Å². The number of likely N-dealkylation sites (tertiary alicyclic amines) is 1. The van der Waals surface area contributed by atoms with Crippen LogP contribution in [0.3, 0.4) is 0 Å². The molecule has 1 amide bonds. The summed E-state index contributed by atoms with van der Waals surface area (Å²) in [4.78, 5) is 23.8. The topological polar surface area (TPSA) is 76.1 Å². The molecule has 0 saturated carbocycles. The molecule has 1 aromatic carbocycles. The van der Waals surface area contributed by atoms with Crippen molar-refractivity contribution in [1.29, 1.82) is 0 Å². The van der Waals surface area contributed by atoms with Crippen molar-refractivity contribution in [2.24, 2.45) is 5.92 Å². The van der Waals surface area contributed by atoms with Crippen molar-refractivity contribution in [1.82, 2.24) is 4.90 Å². The Labute approximate surface area is 141 Å². The lowest BCUT2D eigenvalue weighted by atomic mass is 9.98. The first-order chi connectivity index (χ1) is 11.6. The van der Waals surface area contributed by atoms with E-state index in [0.717, 1.165) is 24.2 Å². The summed E-state index contributed by atoms with van der Waals surface area (Å²) in [6.45, 7) is 5.43. The average Bonchev–Trinajstić information content (AvgIpc) is 2.59. The van der Waals surface area contributed by atoms with Gasteiger partial charge in [0.15, 0.2) is 0 Å². The van der Waals surface area contributed by atoms with Crippen molar-refractivity contribution in [2.45, 2.75) is 19.3 Å². The van der Waals surface area contributed by atoms with Gasteiger partial charge in [0.1, 0.15) is 12.4 Å². The molecule has 0 spiro atoms. The van der Waals surface area contributed by atoms with Crippen molar-refractivity contribution in [2.75, 3.05) is 26.3 Å². The molecule has 6 heteroatoms. The van der Waals surface area contributed by atoms with E-state index in [9.17, 15) is 9.59 Å². The highest BCUT2D eigenvalue weighted by Crippen LogP contribution is 2.20. The number of nitrogens with zero attached hydrogens (tertiary/aromatic N) is 1. The maximum atomic E-state index is 11.5. The summed E-state index contributed by atoms with van der Waals surface area (Å²) in [6, 6.07) is 7.36. The molecule has 0 unspecified atom stereocenters. The number of piperidine rings is 1. The van der Waals surface area contributed by atoms with Gasteiger partial charge >= 0.3 is 12.1 Å². The molecule has 1 heterocycles. The minimum Gasteiger partial charge on any atom is -0.493 e. The van der Waals surface area contributed by atoms with E-state index in [1.54, 1.807) is 0 Å². The second-order valence-corrected chi connectivity index (χ2v) is 5.82. The van der Waals surface area contributed by atoms with Crippen LogP contribution in [-0.2, 0) is 16.0 Å². The van der Waals surface area contributed by atoms with Gasteiger partial charge < -0.3 is 19.5 Å². The maximum Gasteiger partial charge on any atom is 0.407 e. The second-order valence-electron chi connectivity index (χ2n) is 5.82. The third-order valence-corrected chi connectivity index (χ3v) is 4.00. The minimum atomic E-state index is -0.850. The molecule has 0 radical (unpaired) electrons. The summed E-state index contributed by atoms with van der Waals surface area (Å²) < 4.78 is 10.7. The Bertz CT molecular complexity index is 561. The van der Waals surface area contributed by atoms with Gasteiger partial charge in [-0.05, 0) is 36.5 Å². The summed E-state index contributed by atoms with van der Waals surface area (Å²) in [6.07, 6.45) is 2.55. The molecular formula is C18H23NO5. The van der Waals surface area contributed by atoms with Crippen molar-refractivity contribution in [3.63, 3.8) is 0 Å². The first-order valence-electron chi connectivity index (χ1n) is 8.04. The van der Waals surface area contributed by atoms with E-state index in [-0.39, 0.29) is 19.0 Å². The van der Waals surface area contributed by atoms with E-state index < -0.39 is 6.09 Å². The molecule has 1 N–H and O–H groups in total. The monoisotopic (exact) mass is 333 g/mol. The first kappa shape index (κ1) is 17.8. The largest absolute Gasteiger partial charge is 0.493 e. The van der Waals surface area contributed by atoms with E-state index >= 15 is 0 Å². The minimum absolute atomic E-state index is 0.223. The van der Waals surface area contributed by atoms with Crippen LogP contribution in [0.25, 0.3) is 0 Å². The third-order valence-electron chi connectivity index (χ3n) is 4.00. The van der Waals surface area contributed by atoms with E-state index in [4.69, 9.17) is 14.6 Å². The maximum absolute atomic E-state index is 11.5. The average molecular weight is 333 g/mol. The van der Waals surface area contributed by atoms with Gasteiger partial charge in [0.2, 0.25) is 0 Å². The number of esters is 1. The van der Waals surface area contributed by atoms with Gasteiger partial charge in [-0.3, -0.25) is 4.79 Å². The zero-order chi connectivity index (χ0) is 17.4. The Morgan fingerprint density at radius 2 is 1.92 bits per heavy atom. The van der Waals surface area contributed by atoms with Crippen LogP contribution >= 0.6 is 0 Å². The summed E-state index contributed by atoms with van der Waals surface area (Å²) >= 11 is 0. The molecule has 1 saturated heterocycles. The number of carbonyl (C=O) groups is 2. The Kier molecular flexibility index (Phi) is 6.66. The molecule has 1 fully saturated rings. The van der Waals surface area contributed by atoms with Crippen molar-refractivity contribution < 1.29 is 24.2 Å². The van der Waals surface area contributed by atoms with Gasteiger partial charge in [-0.1, -0.05) is 24.8 Å². The number of carbonyl (C=O) groups excluding carboxylic acids is 1. The number of ether oxygens (including phenoxy) is 2. The Morgan fingerprint density at radius 3 is 2.50 bits per heavy atom. The van der Waals surface area contributed by atoms with Crippen LogP contribution in [0.15, 0.2) is 36.9 Å². The fourth-order valence-corrected chi connectivity index (χ4v) is 2.58. The van der Waals surface area contributed by atoms with Gasteiger partial charge in [-0.2, -0.15) is 0 Å². The fourth-order valence-electron chi connectivity index (χ4n) is 2.58. The van der Waals surface area contributed by atoms with Crippen LogP contribution < -0.4 is 4.74 Å². The Morgan fingerprint density at radius 1 is 1.25 bits per heavy atom. The molecule has 130 valence electrons. The lowest BCUT2D eigenvalue weighted by molar-refractivity contribution is -0.141. The fraction of sp³-hybridized carbons (Fsp3) is 0.444. The van der Waals surface area contributed by atoms with Gasteiger partial charge in [0, 0.05) is 13.1 Å². The summed E-state index contributed by atoms with van der Waals surface area (Å²) in [5, 5.41) is 8.93. The second kappa shape index (κ2) is 8.96. The lowest BCUT2D eigenvalue weighted by Gasteiger charge is -2.29. The number of benzene rings is 1. The van der Waals surface area contributed by atoms with Crippen LogP contribution in [0.4, 0.5) is 4.79 Å². The SMILES string of the molecule is C=CCOC(=O)Cc1ccc(OCC2CCN(C(=O)O)CC2)cc1. The molecule has 0 bridgehead atoms. The molecule has 2 rings (SSSR count). The van der Waals surface area contributed by atoms with E-state index in [1.165, 1.54) is 11.0 Å². The number of hydrogen-bond donors (Lipinski definition) is 1. The predicted octanol–water partition coefficient (Wildman–Crippen LogP) is 2.73. The summed E-state index contributed by atoms with van der Waals surface area (Å²) in [5.41, 5.74) is 0.867. The standard InChI is InChI=1S/C18H23NO5/c1-2-11-23-17(20)12-14-3-5-16(6-4-14)24-13-15-7-9-19(10-8-15)18(21)22/h2-6,15H,1,7-13H2,(H,21,22). The normalized spacial score (nSPS) is 14.9. The molecule has 6 nitrogen and oxygen atoms in total. The van der Waals surface area contributed by atoms with Crippen LogP contribution in [0.1, 0.15) is 18.4 Å². The van der Waals surface area contributed by atoms with Crippen LogP contribution in [0.5, 0.6) is 5.75 Å². The molecule has 1 aliphatic heterocycles. The zero-order valence-electron chi connectivity index (χ0n) is 13.6. The highest BCUT2D eigenvalue weighted by Gasteiger charge is 2.22. The molecule has 1 aliphatic rings. The molecule has 0 aliphatic carbocycles. The molecule has 24 heavy (non-hydrogen) atoms. The van der Waals surface area contributed by atoms with Crippen molar-refractivity contribution in [3.05, 3.63) is 42.5 Å². The highest BCUT2D eigenvalue weighted by molar-refractivity contribution is 5.72. The van der Waals surface area contributed by atoms with E-state index in [0.29, 0.717) is 25.6 Å². The van der Waals surface area contributed by atoms with Crippen LogP contribution in [0.2, 0.25) is 0 Å². The van der Waals surface area contributed by atoms with Crippen molar-refractivity contribution >= 4 is 12.1 Å². The number of carboxylic acid groups (broad SMARTS) is 1. The van der Waals surface area contributed by atoms with Crippen LogP contribution in [0, 0.1) is 5.92 Å². The number of rotatable bonds is 7. The summed E-state index contributed by atoms with van der Waals surface area (Å²) in [7, 11) is 0. The Balaban J connectivity index is 1.73. The quantitative estimate of drug-likeness (QED) is 0.613. The number of amides is 1. The molecule has 0 aromatic heterocycles.